The number of hydrogen-bond acceptors (Lipinski definition) is 3. The average molecular weight is 374 g/mol. The minimum absolute atomic E-state index is 0.0979. The third-order valence-electron chi connectivity index (χ3n) is 3.61. The van der Waals surface area contributed by atoms with Crippen molar-refractivity contribution in [2.45, 2.75) is 25.7 Å². The Morgan fingerprint density at radius 2 is 2.17 bits per heavy atom. The first-order chi connectivity index (χ1) is 11.4. The molecule has 0 radical (unpaired) electrons. The van der Waals surface area contributed by atoms with Crippen LogP contribution in [0.2, 0.25) is 10.0 Å². The molecule has 24 heavy (non-hydrogen) atoms. The smallest absolute Gasteiger partial charge is 0.255 e. The van der Waals surface area contributed by atoms with Crippen LogP contribution < -0.4 is 5.32 Å². The minimum atomic E-state index is -0.811. The Bertz CT molecular complexity index is 736. The summed E-state index contributed by atoms with van der Waals surface area (Å²) in [5, 5.41) is 7.68. The zero-order chi connectivity index (χ0) is 17.9. The van der Waals surface area contributed by atoms with Gasteiger partial charge in [-0.2, -0.15) is 5.10 Å². The number of aryl methyl sites for hydroxylation is 1. The van der Waals surface area contributed by atoms with Gasteiger partial charge in [-0.15, -0.1) is 0 Å². The molecule has 0 aliphatic carbocycles. The second-order valence-corrected chi connectivity index (χ2v) is 6.22. The minimum Gasteiger partial charge on any atom is -0.375 e. The summed E-state index contributed by atoms with van der Waals surface area (Å²) in [4.78, 5) is 12.4. The molecule has 2 rings (SSSR count). The van der Waals surface area contributed by atoms with E-state index in [-0.39, 0.29) is 11.3 Å². The Morgan fingerprint density at radius 3 is 2.75 bits per heavy atom. The summed E-state index contributed by atoms with van der Waals surface area (Å²) < 4.78 is 19.8. The molecule has 1 aromatic carbocycles. The van der Waals surface area contributed by atoms with Gasteiger partial charge in [-0.3, -0.25) is 9.48 Å². The highest BCUT2D eigenvalue weighted by molar-refractivity contribution is 6.35. The zero-order valence-electron chi connectivity index (χ0n) is 13.5. The van der Waals surface area contributed by atoms with Crippen molar-refractivity contribution in [2.24, 2.45) is 7.05 Å². The molecule has 2 aromatic rings. The monoisotopic (exact) mass is 373 g/mol. The summed E-state index contributed by atoms with van der Waals surface area (Å²) in [6.45, 7) is 0.969. The van der Waals surface area contributed by atoms with E-state index in [1.54, 1.807) is 32.2 Å². The lowest BCUT2D eigenvalue weighted by Gasteiger charge is -2.25. The van der Waals surface area contributed by atoms with Crippen LogP contribution in [0.1, 0.15) is 34.6 Å². The molecule has 1 heterocycles. The number of benzene rings is 1. The number of halogens is 3. The van der Waals surface area contributed by atoms with Gasteiger partial charge in [-0.05, 0) is 19.1 Å². The van der Waals surface area contributed by atoms with Gasteiger partial charge in [-0.1, -0.05) is 29.3 Å². The Hall–Kier alpha value is -1.63. The van der Waals surface area contributed by atoms with E-state index in [1.807, 2.05) is 0 Å². The third-order valence-corrected chi connectivity index (χ3v) is 4.17. The molecule has 0 fully saturated rings. The van der Waals surface area contributed by atoms with Crippen LogP contribution >= 0.6 is 23.2 Å². The molecule has 5 nitrogen and oxygen atoms in total. The molecule has 0 spiro atoms. The fourth-order valence-corrected chi connectivity index (χ4v) is 3.03. The maximum absolute atomic E-state index is 13.0. The van der Waals surface area contributed by atoms with E-state index < -0.39 is 24.7 Å². The highest BCUT2D eigenvalue weighted by Gasteiger charge is 2.25. The molecular weight excluding hydrogens is 356 g/mol. The van der Waals surface area contributed by atoms with Crippen LogP contribution in [0.25, 0.3) is 0 Å². The van der Waals surface area contributed by atoms with E-state index in [9.17, 15) is 9.18 Å². The van der Waals surface area contributed by atoms with Crippen LogP contribution in [0.5, 0.6) is 0 Å². The normalized spacial score (nSPS) is 13.6. The Balaban J connectivity index is 2.19. The van der Waals surface area contributed by atoms with Crippen LogP contribution in [-0.4, -0.2) is 28.8 Å². The van der Waals surface area contributed by atoms with Gasteiger partial charge in [0.25, 0.3) is 5.91 Å². The topological polar surface area (TPSA) is 56.1 Å². The molecule has 130 valence electrons. The predicted octanol–water partition coefficient (Wildman–Crippen LogP) is 3.70. The van der Waals surface area contributed by atoms with E-state index >= 15 is 0 Å². The Morgan fingerprint density at radius 1 is 1.46 bits per heavy atom. The largest absolute Gasteiger partial charge is 0.375 e. The number of rotatable bonds is 6. The van der Waals surface area contributed by atoms with Crippen LogP contribution in [0.3, 0.4) is 0 Å². The number of carbonyl (C=O) groups is 1. The van der Waals surface area contributed by atoms with Crippen LogP contribution in [-0.2, 0) is 18.5 Å². The molecule has 0 aliphatic heterocycles. The molecule has 2 atom stereocenters. The summed E-state index contributed by atoms with van der Waals surface area (Å²) in [5.41, 5.74) is 0.998. The second-order valence-electron chi connectivity index (χ2n) is 5.38. The number of alkyl halides is 1. The van der Waals surface area contributed by atoms with Gasteiger partial charge < -0.3 is 10.1 Å². The quantitative estimate of drug-likeness (QED) is 0.839. The average Bonchev–Trinajstić information content (AvgIpc) is 2.91. The number of aromatic nitrogens is 2. The molecule has 0 bridgehead atoms. The van der Waals surface area contributed by atoms with Crippen molar-refractivity contribution in [1.29, 1.82) is 0 Å². The molecule has 1 aromatic heterocycles. The fourth-order valence-electron chi connectivity index (χ4n) is 2.52. The van der Waals surface area contributed by atoms with Crippen molar-refractivity contribution in [2.75, 3.05) is 7.11 Å². The van der Waals surface area contributed by atoms with Gasteiger partial charge in [0, 0.05) is 36.0 Å². The highest BCUT2D eigenvalue weighted by Crippen LogP contribution is 2.30. The molecule has 1 N–H and O–H groups in total. The lowest BCUT2D eigenvalue weighted by Crippen LogP contribution is -2.38. The van der Waals surface area contributed by atoms with Gasteiger partial charge in [-0.25, -0.2) is 4.39 Å². The second kappa shape index (κ2) is 7.96. The van der Waals surface area contributed by atoms with Gasteiger partial charge in [0.2, 0.25) is 0 Å². The lowest BCUT2D eigenvalue weighted by atomic mass is 10.0. The number of nitrogens with zero attached hydrogens (tertiary/aromatic N) is 2. The van der Waals surface area contributed by atoms with Gasteiger partial charge >= 0.3 is 0 Å². The summed E-state index contributed by atoms with van der Waals surface area (Å²) >= 11 is 12.1. The standard InChI is InChI=1S/C16H18Cl2FN3O2/c1-9(15(24-3)11-5-4-10(17)6-13(11)18)20-16(23)12-8-22(2)21-14(12)7-19/h4-6,8-9,15H,7H2,1-3H3,(H,20,23). The summed E-state index contributed by atoms with van der Waals surface area (Å²) in [7, 11) is 3.15. The van der Waals surface area contributed by atoms with E-state index in [0.29, 0.717) is 15.6 Å². The molecular formula is C16H18Cl2FN3O2. The molecule has 0 saturated carbocycles. The SMILES string of the molecule is COC(c1ccc(Cl)cc1Cl)C(C)NC(=O)c1cn(C)nc1CF. The van der Waals surface area contributed by atoms with E-state index in [0.717, 1.165) is 0 Å². The van der Waals surface area contributed by atoms with Crippen molar-refractivity contribution in [3.63, 3.8) is 0 Å². The predicted molar refractivity (Wildman–Crippen MR) is 91.2 cm³/mol. The van der Waals surface area contributed by atoms with E-state index in [4.69, 9.17) is 27.9 Å². The molecule has 0 saturated heterocycles. The number of ether oxygens (including phenoxy) is 1. The van der Waals surface area contributed by atoms with Gasteiger partial charge in [0.1, 0.15) is 18.5 Å². The molecule has 8 heteroatoms. The van der Waals surface area contributed by atoms with Crippen molar-refractivity contribution in [1.82, 2.24) is 15.1 Å². The first-order valence-electron chi connectivity index (χ1n) is 7.24. The van der Waals surface area contributed by atoms with Crippen LogP contribution in [0.15, 0.2) is 24.4 Å². The van der Waals surface area contributed by atoms with Crippen molar-refractivity contribution >= 4 is 29.1 Å². The van der Waals surface area contributed by atoms with Crippen LogP contribution in [0, 0.1) is 0 Å². The van der Waals surface area contributed by atoms with Crippen LogP contribution in [0.4, 0.5) is 4.39 Å². The number of nitrogens with one attached hydrogen (secondary N) is 1. The van der Waals surface area contributed by atoms with Gasteiger partial charge in [0.15, 0.2) is 0 Å². The summed E-state index contributed by atoms with van der Waals surface area (Å²) in [6, 6.07) is 4.65. The number of carbonyl (C=O) groups excluding carboxylic acids is 1. The maximum atomic E-state index is 13.0. The van der Waals surface area contributed by atoms with E-state index in [2.05, 4.69) is 10.4 Å². The summed E-state index contributed by atoms with van der Waals surface area (Å²) in [5.74, 6) is -0.421. The number of methoxy groups -OCH3 is 1. The highest BCUT2D eigenvalue weighted by atomic mass is 35.5. The Kier molecular flexibility index (Phi) is 6.21. The van der Waals surface area contributed by atoms with Crippen molar-refractivity contribution in [3.05, 3.63) is 51.3 Å². The maximum Gasteiger partial charge on any atom is 0.255 e. The number of hydrogen-bond donors (Lipinski definition) is 1. The molecule has 1 amide bonds. The molecule has 0 aliphatic rings. The zero-order valence-corrected chi connectivity index (χ0v) is 15.0. The van der Waals surface area contributed by atoms with Crippen molar-refractivity contribution < 1.29 is 13.9 Å². The Labute approximate surface area is 149 Å². The first-order valence-corrected chi connectivity index (χ1v) is 8.00. The van der Waals surface area contributed by atoms with Crippen molar-refractivity contribution in [3.8, 4) is 0 Å². The van der Waals surface area contributed by atoms with Gasteiger partial charge in [0.05, 0.1) is 11.6 Å². The molecule has 2 unspecified atom stereocenters. The summed E-state index contributed by atoms with van der Waals surface area (Å²) in [6.07, 6.45) is 0.998. The third kappa shape index (κ3) is 4.06. The van der Waals surface area contributed by atoms with E-state index in [1.165, 1.54) is 18.0 Å². The first kappa shape index (κ1) is 18.7. The number of amides is 1. The fraction of sp³-hybridized carbons (Fsp3) is 0.375. The lowest BCUT2D eigenvalue weighted by molar-refractivity contribution is 0.0644.